The molecule has 1 saturated heterocycles. The minimum atomic E-state index is -1.01. The van der Waals surface area contributed by atoms with Gasteiger partial charge in [-0.15, -0.1) is 0 Å². The fourth-order valence-corrected chi connectivity index (χ4v) is 2.79. The molecule has 2 N–H and O–H groups in total. The van der Waals surface area contributed by atoms with Crippen molar-refractivity contribution in [3.63, 3.8) is 0 Å². The van der Waals surface area contributed by atoms with E-state index in [1.54, 1.807) is 17.0 Å². The molecule has 2 rings (SSSR count). The van der Waals surface area contributed by atoms with Gasteiger partial charge in [-0.25, -0.2) is 0 Å². The molecule has 6 nitrogen and oxygen atoms in total. The maximum atomic E-state index is 11.6. The lowest BCUT2D eigenvalue weighted by molar-refractivity contribution is -0.149. The van der Waals surface area contributed by atoms with Crippen molar-refractivity contribution in [3.8, 4) is 0 Å². The number of rotatable bonds is 5. The van der Waals surface area contributed by atoms with E-state index in [1.807, 2.05) is 31.1 Å². The molecule has 6 heteroatoms. The first-order valence-corrected chi connectivity index (χ1v) is 6.90. The standard InChI is InChI=1S/C15H20N2O4/c1-16(2)11-7-5-10(6-8-11)13(15(20)21)17-9-3-4-12(17)14(18)19/h5-8,12-13H,3-4,9H2,1-2H3,(H,18,19)(H,20,21). The smallest absolute Gasteiger partial charge is 0.325 e. The molecule has 1 aliphatic heterocycles. The molecule has 1 heterocycles. The van der Waals surface area contributed by atoms with E-state index in [-0.39, 0.29) is 0 Å². The lowest BCUT2D eigenvalue weighted by atomic mass is 10.0. The fraction of sp³-hybridized carbons (Fsp3) is 0.467. The van der Waals surface area contributed by atoms with Crippen LogP contribution in [0.5, 0.6) is 0 Å². The molecule has 2 unspecified atom stereocenters. The Morgan fingerprint density at radius 1 is 1.24 bits per heavy atom. The van der Waals surface area contributed by atoms with Crippen molar-refractivity contribution in [2.24, 2.45) is 0 Å². The number of carboxylic acid groups (broad SMARTS) is 2. The van der Waals surface area contributed by atoms with Crippen LogP contribution in [0.15, 0.2) is 24.3 Å². The summed E-state index contributed by atoms with van der Waals surface area (Å²) in [6.45, 7) is 0.489. The van der Waals surface area contributed by atoms with Crippen LogP contribution in [0.25, 0.3) is 0 Å². The van der Waals surface area contributed by atoms with Crippen LogP contribution in [-0.4, -0.2) is 53.7 Å². The summed E-state index contributed by atoms with van der Waals surface area (Å²) in [5.74, 6) is -1.97. The molecule has 0 radical (unpaired) electrons. The Morgan fingerprint density at radius 2 is 1.86 bits per heavy atom. The lowest BCUT2D eigenvalue weighted by Crippen LogP contribution is -2.41. The zero-order chi connectivity index (χ0) is 15.6. The minimum Gasteiger partial charge on any atom is -0.480 e. The first kappa shape index (κ1) is 15.3. The highest BCUT2D eigenvalue weighted by molar-refractivity contribution is 5.79. The van der Waals surface area contributed by atoms with Crippen LogP contribution < -0.4 is 4.90 Å². The van der Waals surface area contributed by atoms with Crippen molar-refractivity contribution in [2.75, 3.05) is 25.5 Å². The number of aliphatic carboxylic acids is 2. The Labute approximate surface area is 123 Å². The van der Waals surface area contributed by atoms with Crippen molar-refractivity contribution in [1.82, 2.24) is 4.90 Å². The van der Waals surface area contributed by atoms with E-state index in [0.717, 1.165) is 5.69 Å². The molecular formula is C15H20N2O4. The van der Waals surface area contributed by atoms with Gasteiger partial charge in [-0.2, -0.15) is 0 Å². The van der Waals surface area contributed by atoms with Gasteiger partial charge in [-0.3, -0.25) is 14.5 Å². The summed E-state index contributed by atoms with van der Waals surface area (Å²) in [4.78, 5) is 26.4. The van der Waals surface area contributed by atoms with Crippen LogP contribution >= 0.6 is 0 Å². The summed E-state index contributed by atoms with van der Waals surface area (Å²) < 4.78 is 0. The Hall–Kier alpha value is -2.08. The number of nitrogens with zero attached hydrogens (tertiary/aromatic N) is 2. The molecule has 2 atom stereocenters. The van der Waals surface area contributed by atoms with E-state index >= 15 is 0 Å². The molecule has 0 aromatic heterocycles. The summed E-state index contributed by atoms with van der Waals surface area (Å²) in [6.07, 6.45) is 1.20. The zero-order valence-corrected chi connectivity index (χ0v) is 12.2. The number of hydrogen-bond donors (Lipinski definition) is 2. The second-order valence-electron chi connectivity index (χ2n) is 5.46. The van der Waals surface area contributed by atoms with Gasteiger partial charge in [0.25, 0.3) is 0 Å². The van der Waals surface area contributed by atoms with E-state index in [1.165, 1.54) is 0 Å². The number of anilines is 1. The molecule has 0 amide bonds. The van der Waals surface area contributed by atoms with Gasteiger partial charge < -0.3 is 15.1 Å². The third-order valence-electron chi connectivity index (χ3n) is 3.87. The average molecular weight is 292 g/mol. The predicted molar refractivity (Wildman–Crippen MR) is 78.5 cm³/mol. The van der Waals surface area contributed by atoms with E-state index in [9.17, 15) is 19.8 Å². The molecule has 0 saturated carbocycles. The van der Waals surface area contributed by atoms with Crippen LogP contribution in [0.3, 0.4) is 0 Å². The van der Waals surface area contributed by atoms with Crippen molar-refractivity contribution >= 4 is 17.6 Å². The predicted octanol–water partition coefficient (Wildman–Crippen LogP) is 1.43. The van der Waals surface area contributed by atoms with Crippen molar-refractivity contribution in [2.45, 2.75) is 24.9 Å². The van der Waals surface area contributed by atoms with Crippen LogP contribution in [0.4, 0.5) is 5.69 Å². The number of likely N-dealkylation sites (tertiary alicyclic amines) is 1. The summed E-state index contributed by atoms with van der Waals surface area (Å²) in [7, 11) is 3.81. The highest BCUT2D eigenvalue weighted by Crippen LogP contribution is 2.30. The van der Waals surface area contributed by atoms with Gasteiger partial charge in [0.1, 0.15) is 12.1 Å². The molecule has 1 aromatic rings. The van der Waals surface area contributed by atoms with Gasteiger partial charge >= 0.3 is 11.9 Å². The van der Waals surface area contributed by atoms with Crippen molar-refractivity contribution in [1.29, 1.82) is 0 Å². The first-order valence-electron chi connectivity index (χ1n) is 6.90. The van der Waals surface area contributed by atoms with E-state index < -0.39 is 24.0 Å². The van der Waals surface area contributed by atoms with Crippen molar-refractivity contribution < 1.29 is 19.8 Å². The van der Waals surface area contributed by atoms with E-state index in [2.05, 4.69) is 0 Å². The molecule has 0 aliphatic carbocycles. The lowest BCUT2D eigenvalue weighted by Gasteiger charge is -2.28. The second-order valence-corrected chi connectivity index (χ2v) is 5.46. The maximum absolute atomic E-state index is 11.6. The van der Waals surface area contributed by atoms with Crippen LogP contribution in [0.2, 0.25) is 0 Å². The first-order chi connectivity index (χ1) is 9.91. The topological polar surface area (TPSA) is 81.1 Å². The van der Waals surface area contributed by atoms with Gasteiger partial charge in [0.15, 0.2) is 0 Å². The summed E-state index contributed by atoms with van der Waals surface area (Å²) >= 11 is 0. The Morgan fingerprint density at radius 3 is 2.33 bits per heavy atom. The highest BCUT2D eigenvalue weighted by Gasteiger charge is 2.39. The van der Waals surface area contributed by atoms with Crippen LogP contribution in [0, 0.1) is 0 Å². The van der Waals surface area contributed by atoms with E-state index in [0.29, 0.717) is 24.9 Å². The van der Waals surface area contributed by atoms with Gasteiger partial charge in [0.05, 0.1) is 0 Å². The van der Waals surface area contributed by atoms with Gasteiger partial charge in [-0.1, -0.05) is 12.1 Å². The SMILES string of the molecule is CN(C)c1ccc(C(C(=O)O)N2CCCC2C(=O)O)cc1. The average Bonchev–Trinajstić information content (AvgIpc) is 2.88. The van der Waals surface area contributed by atoms with Crippen LogP contribution in [-0.2, 0) is 9.59 Å². The van der Waals surface area contributed by atoms with Crippen LogP contribution in [0.1, 0.15) is 24.4 Å². The van der Waals surface area contributed by atoms with E-state index in [4.69, 9.17) is 0 Å². The number of benzene rings is 1. The molecule has 21 heavy (non-hydrogen) atoms. The summed E-state index contributed by atoms with van der Waals surface area (Å²) in [5, 5.41) is 18.8. The second kappa shape index (κ2) is 6.13. The maximum Gasteiger partial charge on any atom is 0.325 e. The zero-order valence-electron chi connectivity index (χ0n) is 12.2. The fourth-order valence-electron chi connectivity index (χ4n) is 2.79. The Kier molecular flexibility index (Phi) is 4.47. The largest absolute Gasteiger partial charge is 0.480 e. The molecule has 0 bridgehead atoms. The molecule has 1 fully saturated rings. The third kappa shape index (κ3) is 3.16. The number of carbonyl (C=O) groups is 2. The minimum absolute atomic E-state index is 0.489. The highest BCUT2D eigenvalue weighted by atomic mass is 16.4. The molecule has 1 aliphatic rings. The number of hydrogen-bond acceptors (Lipinski definition) is 4. The summed E-state index contributed by atoms with van der Waals surface area (Å²) in [5.41, 5.74) is 1.58. The molecular weight excluding hydrogens is 272 g/mol. The Balaban J connectivity index is 2.30. The quantitative estimate of drug-likeness (QED) is 0.854. The normalized spacial score (nSPS) is 20.2. The van der Waals surface area contributed by atoms with Gasteiger partial charge in [0, 0.05) is 26.3 Å². The third-order valence-corrected chi connectivity index (χ3v) is 3.87. The van der Waals surface area contributed by atoms with Crippen molar-refractivity contribution in [3.05, 3.63) is 29.8 Å². The molecule has 114 valence electrons. The van der Waals surface area contributed by atoms with Gasteiger partial charge in [0.2, 0.25) is 0 Å². The van der Waals surface area contributed by atoms with Gasteiger partial charge in [-0.05, 0) is 30.5 Å². The molecule has 0 spiro atoms. The monoisotopic (exact) mass is 292 g/mol. The Bertz CT molecular complexity index is 527. The number of carboxylic acids is 2. The molecule has 1 aromatic carbocycles. The summed E-state index contributed by atoms with van der Waals surface area (Å²) in [6, 6.07) is 5.56.